The fourth-order valence-electron chi connectivity index (χ4n) is 2.83. The van der Waals surface area contributed by atoms with Crippen LogP contribution < -0.4 is 4.90 Å². The Morgan fingerprint density at radius 2 is 1.48 bits per heavy atom. The Labute approximate surface area is 129 Å². The van der Waals surface area contributed by atoms with Gasteiger partial charge in [0.2, 0.25) is 0 Å². The third kappa shape index (κ3) is 4.35. The zero-order chi connectivity index (χ0) is 14.9. The molecule has 0 saturated carbocycles. The normalized spacial score (nSPS) is 10.6. The van der Waals surface area contributed by atoms with E-state index in [0.29, 0.717) is 0 Å². The van der Waals surface area contributed by atoms with Crippen molar-refractivity contribution < 1.29 is 0 Å². The van der Waals surface area contributed by atoms with Crippen LogP contribution in [0, 0.1) is 0 Å². The summed E-state index contributed by atoms with van der Waals surface area (Å²) in [5, 5.41) is 0. The lowest BCUT2D eigenvalue weighted by molar-refractivity contribution is 0.666. The number of aryl methyl sites for hydroxylation is 1. The van der Waals surface area contributed by atoms with Crippen molar-refractivity contribution in [3.8, 4) is 0 Å². The van der Waals surface area contributed by atoms with E-state index in [4.69, 9.17) is 0 Å². The van der Waals surface area contributed by atoms with E-state index in [1.807, 2.05) is 0 Å². The molecule has 0 aliphatic carbocycles. The van der Waals surface area contributed by atoms with Crippen LogP contribution in [0.1, 0.15) is 45.1 Å². The summed E-state index contributed by atoms with van der Waals surface area (Å²) in [7, 11) is 0. The first-order chi connectivity index (χ1) is 10.4. The quantitative estimate of drug-likeness (QED) is 0.539. The van der Waals surface area contributed by atoms with E-state index in [9.17, 15) is 0 Å². The minimum Gasteiger partial charge on any atom is -0.342 e. The lowest BCUT2D eigenvalue weighted by Gasteiger charge is -2.26. The second-order valence-corrected chi connectivity index (χ2v) is 5.52. The molecule has 0 unspecified atom stereocenters. The first-order valence-corrected chi connectivity index (χ1v) is 8.27. The van der Waals surface area contributed by atoms with Crippen LogP contribution >= 0.6 is 0 Å². The van der Waals surface area contributed by atoms with Crippen molar-refractivity contribution in [2.75, 3.05) is 11.4 Å². The van der Waals surface area contributed by atoms with Gasteiger partial charge in [-0.25, -0.2) is 0 Å². The second-order valence-electron chi connectivity index (χ2n) is 5.52. The third-order valence-corrected chi connectivity index (χ3v) is 3.97. The Kier molecular flexibility index (Phi) is 6.33. The number of hydrogen-bond acceptors (Lipinski definition) is 1. The van der Waals surface area contributed by atoms with Crippen molar-refractivity contribution in [1.29, 1.82) is 0 Å². The molecule has 0 aromatic heterocycles. The molecule has 2 rings (SSSR count). The van der Waals surface area contributed by atoms with E-state index in [-0.39, 0.29) is 0 Å². The highest BCUT2D eigenvalue weighted by atomic mass is 15.1. The Morgan fingerprint density at radius 1 is 0.762 bits per heavy atom. The van der Waals surface area contributed by atoms with Crippen LogP contribution in [-0.4, -0.2) is 6.54 Å². The minimum atomic E-state index is 0.996. The van der Waals surface area contributed by atoms with Crippen LogP contribution in [0.15, 0.2) is 54.6 Å². The summed E-state index contributed by atoms with van der Waals surface area (Å²) in [6.45, 7) is 5.49. The van der Waals surface area contributed by atoms with Gasteiger partial charge in [-0.15, -0.1) is 0 Å². The Morgan fingerprint density at radius 3 is 2.19 bits per heavy atom. The summed E-state index contributed by atoms with van der Waals surface area (Å²) < 4.78 is 0. The molecule has 2 aromatic rings. The SMILES string of the molecule is CCCCCCc1ccccc1N(CC)c1ccccc1. The second kappa shape index (κ2) is 8.51. The molecule has 0 spiro atoms. The van der Waals surface area contributed by atoms with Crippen LogP contribution in [0.5, 0.6) is 0 Å². The first-order valence-electron chi connectivity index (χ1n) is 8.27. The summed E-state index contributed by atoms with van der Waals surface area (Å²) in [6, 6.07) is 19.5. The number of unbranched alkanes of at least 4 members (excludes halogenated alkanes) is 3. The monoisotopic (exact) mass is 281 g/mol. The molecule has 0 aliphatic heterocycles. The van der Waals surface area contributed by atoms with Gasteiger partial charge in [0.1, 0.15) is 0 Å². The highest BCUT2D eigenvalue weighted by molar-refractivity contribution is 5.66. The maximum absolute atomic E-state index is 2.41. The predicted molar refractivity (Wildman–Crippen MR) is 93.4 cm³/mol. The molecule has 1 nitrogen and oxygen atoms in total. The Hall–Kier alpha value is -1.76. The van der Waals surface area contributed by atoms with Crippen LogP contribution in [0.2, 0.25) is 0 Å². The number of nitrogens with zero attached hydrogens (tertiary/aromatic N) is 1. The Balaban J connectivity index is 2.17. The number of anilines is 2. The molecular formula is C20H27N. The van der Waals surface area contributed by atoms with Gasteiger partial charge in [0.05, 0.1) is 0 Å². The molecule has 0 saturated heterocycles. The molecule has 1 heteroatoms. The average Bonchev–Trinajstić information content (AvgIpc) is 2.55. The fraction of sp³-hybridized carbons (Fsp3) is 0.400. The predicted octanol–water partition coefficient (Wildman–Crippen LogP) is 5.97. The van der Waals surface area contributed by atoms with Gasteiger partial charge in [-0.3, -0.25) is 0 Å². The van der Waals surface area contributed by atoms with Gasteiger partial charge in [0.25, 0.3) is 0 Å². The zero-order valence-corrected chi connectivity index (χ0v) is 13.4. The van der Waals surface area contributed by atoms with Crippen LogP contribution in [0.3, 0.4) is 0 Å². The molecule has 0 atom stereocenters. The maximum Gasteiger partial charge on any atom is 0.0443 e. The minimum absolute atomic E-state index is 0.996. The van der Waals surface area contributed by atoms with E-state index >= 15 is 0 Å². The lowest BCUT2D eigenvalue weighted by atomic mass is 10.0. The summed E-state index contributed by atoms with van der Waals surface area (Å²) in [4.78, 5) is 2.41. The maximum atomic E-state index is 2.41. The highest BCUT2D eigenvalue weighted by Crippen LogP contribution is 2.29. The molecule has 0 radical (unpaired) electrons. The largest absolute Gasteiger partial charge is 0.342 e. The number of para-hydroxylation sites is 2. The summed E-state index contributed by atoms with van der Waals surface area (Å²) in [6.07, 6.45) is 6.45. The van der Waals surface area contributed by atoms with Crippen molar-refractivity contribution in [2.24, 2.45) is 0 Å². The van der Waals surface area contributed by atoms with E-state index in [0.717, 1.165) is 6.54 Å². The van der Waals surface area contributed by atoms with Gasteiger partial charge in [-0.2, -0.15) is 0 Å². The van der Waals surface area contributed by atoms with Crippen LogP contribution in [0.25, 0.3) is 0 Å². The fourth-order valence-corrected chi connectivity index (χ4v) is 2.83. The van der Waals surface area contributed by atoms with Gasteiger partial charge in [0.15, 0.2) is 0 Å². The molecule has 2 aromatic carbocycles. The number of hydrogen-bond donors (Lipinski definition) is 0. The lowest BCUT2D eigenvalue weighted by Crippen LogP contribution is -2.17. The van der Waals surface area contributed by atoms with Gasteiger partial charge >= 0.3 is 0 Å². The van der Waals surface area contributed by atoms with E-state index in [1.165, 1.54) is 49.0 Å². The molecule has 0 aliphatic rings. The molecule has 0 heterocycles. The van der Waals surface area contributed by atoms with E-state index < -0.39 is 0 Å². The first kappa shape index (κ1) is 15.6. The molecule has 0 bridgehead atoms. The molecule has 0 fully saturated rings. The van der Waals surface area contributed by atoms with Gasteiger partial charge in [-0.1, -0.05) is 62.6 Å². The topological polar surface area (TPSA) is 3.24 Å². The van der Waals surface area contributed by atoms with E-state index in [2.05, 4.69) is 73.3 Å². The van der Waals surface area contributed by atoms with Crippen LogP contribution in [-0.2, 0) is 6.42 Å². The zero-order valence-electron chi connectivity index (χ0n) is 13.4. The highest BCUT2D eigenvalue weighted by Gasteiger charge is 2.10. The van der Waals surface area contributed by atoms with Crippen molar-refractivity contribution in [1.82, 2.24) is 0 Å². The smallest absolute Gasteiger partial charge is 0.0443 e. The average molecular weight is 281 g/mol. The van der Waals surface area contributed by atoms with Gasteiger partial charge in [0, 0.05) is 17.9 Å². The molecular weight excluding hydrogens is 254 g/mol. The van der Waals surface area contributed by atoms with E-state index in [1.54, 1.807) is 0 Å². The molecule has 21 heavy (non-hydrogen) atoms. The summed E-state index contributed by atoms with van der Waals surface area (Å²) >= 11 is 0. The third-order valence-electron chi connectivity index (χ3n) is 3.97. The summed E-state index contributed by atoms with van der Waals surface area (Å²) in [5.41, 5.74) is 4.11. The molecule has 112 valence electrons. The van der Waals surface area contributed by atoms with Gasteiger partial charge < -0.3 is 4.90 Å². The Bertz CT molecular complexity index is 518. The van der Waals surface area contributed by atoms with Crippen molar-refractivity contribution >= 4 is 11.4 Å². The van der Waals surface area contributed by atoms with Gasteiger partial charge in [-0.05, 0) is 43.5 Å². The molecule has 0 N–H and O–H groups in total. The van der Waals surface area contributed by atoms with Crippen LogP contribution in [0.4, 0.5) is 11.4 Å². The van der Waals surface area contributed by atoms with Crippen molar-refractivity contribution in [3.63, 3.8) is 0 Å². The number of benzene rings is 2. The number of rotatable bonds is 8. The molecule has 0 amide bonds. The summed E-state index contributed by atoms with van der Waals surface area (Å²) in [5.74, 6) is 0. The standard InChI is InChI=1S/C20H27N/c1-3-5-6-8-13-18-14-11-12-17-20(18)21(4-2)19-15-9-7-10-16-19/h7,9-12,14-17H,3-6,8,13H2,1-2H3. The van der Waals surface area contributed by atoms with Crippen molar-refractivity contribution in [2.45, 2.75) is 46.0 Å². The van der Waals surface area contributed by atoms with Crippen molar-refractivity contribution in [3.05, 3.63) is 60.2 Å².